The molecule has 3 aromatic rings. The molecule has 3 nitrogen and oxygen atoms in total. The van der Waals surface area contributed by atoms with Gasteiger partial charge in [0.25, 0.3) is 0 Å². The first-order chi connectivity index (χ1) is 15.7. The maximum absolute atomic E-state index is 9.59. The Bertz CT molecular complexity index is 1020. The third kappa shape index (κ3) is 5.29. The van der Waals surface area contributed by atoms with Crippen LogP contribution in [-0.2, 0) is 0 Å². The minimum atomic E-state index is 0.194. The maximum atomic E-state index is 9.59. The van der Waals surface area contributed by atoms with Crippen molar-refractivity contribution in [3.8, 4) is 0 Å². The quantitative estimate of drug-likeness (QED) is 0.507. The summed E-state index contributed by atoms with van der Waals surface area (Å²) in [6, 6.07) is 28.5. The molecule has 0 saturated carbocycles. The van der Waals surface area contributed by atoms with Gasteiger partial charge in [-0.25, -0.2) is 0 Å². The number of rotatable bonds is 7. The molecular weight excluding hydrogens is 392 g/mol. The zero-order chi connectivity index (χ0) is 22.3. The molecule has 4 rings (SSSR count). The van der Waals surface area contributed by atoms with Crippen LogP contribution in [0.1, 0.15) is 35.1 Å². The molecule has 0 aromatic heterocycles. The van der Waals surface area contributed by atoms with E-state index in [1.54, 1.807) is 0 Å². The normalized spacial score (nSPS) is 15.5. The van der Waals surface area contributed by atoms with Gasteiger partial charge >= 0.3 is 0 Å². The first-order valence-corrected chi connectivity index (χ1v) is 11.7. The molecule has 0 aliphatic carbocycles. The zero-order valence-electron chi connectivity index (χ0n) is 19.3. The highest BCUT2D eigenvalue weighted by Crippen LogP contribution is 2.36. The number of allylic oxidation sites excluding steroid dienone is 1. The largest absolute Gasteiger partial charge is 0.396 e. The lowest BCUT2D eigenvalue weighted by Gasteiger charge is -2.34. The van der Waals surface area contributed by atoms with Gasteiger partial charge in [0.1, 0.15) is 0 Å². The Labute approximate surface area is 192 Å². The lowest BCUT2D eigenvalue weighted by molar-refractivity contribution is 0.290. The molecule has 1 heterocycles. The van der Waals surface area contributed by atoms with E-state index in [1.165, 1.54) is 39.1 Å². The number of aliphatic hydroxyl groups is 1. The molecule has 32 heavy (non-hydrogen) atoms. The van der Waals surface area contributed by atoms with E-state index in [-0.39, 0.29) is 6.61 Å². The number of aliphatic hydroxyl groups excluding tert-OH is 1. The molecule has 0 radical (unpaired) electrons. The van der Waals surface area contributed by atoms with Crippen LogP contribution in [0, 0.1) is 6.92 Å². The van der Waals surface area contributed by atoms with E-state index in [2.05, 4.69) is 103 Å². The Hall–Kier alpha value is -2.88. The van der Waals surface area contributed by atoms with Crippen molar-refractivity contribution in [3.05, 3.63) is 101 Å². The molecule has 0 spiro atoms. The van der Waals surface area contributed by atoms with Crippen LogP contribution in [0.15, 0.2) is 78.9 Å². The van der Waals surface area contributed by atoms with Crippen LogP contribution in [0.4, 0.5) is 5.69 Å². The van der Waals surface area contributed by atoms with Crippen molar-refractivity contribution in [2.24, 2.45) is 0 Å². The van der Waals surface area contributed by atoms with Crippen LogP contribution < -0.4 is 4.90 Å². The minimum Gasteiger partial charge on any atom is -0.396 e. The first kappa shape index (κ1) is 22.3. The van der Waals surface area contributed by atoms with Gasteiger partial charge < -0.3 is 14.9 Å². The molecule has 3 heteroatoms. The van der Waals surface area contributed by atoms with Crippen molar-refractivity contribution >= 4 is 16.8 Å². The summed E-state index contributed by atoms with van der Waals surface area (Å²) in [4.78, 5) is 4.86. The van der Waals surface area contributed by atoms with Gasteiger partial charge in [0.15, 0.2) is 0 Å². The maximum Gasteiger partial charge on any atom is 0.0434 e. The molecule has 1 fully saturated rings. The summed E-state index contributed by atoms with van der Waals surface area (Å²) >= 11 is 0. The number of nitrogens with zero attached hydrogens (tertiary/aromatic N) is 2. The smallest absolute Gasteiger partial charge is 0.0434 e. The molecule has 0 unspecified atom stereocenters. The van der Waals surface area contributed by atoms with Crippen LogP contribution in [0.5, 0.6) is 0 Å². The van der Waals surface area contributed by atoms with Crippen LogP contribution in [0.25, 0.3) is 11.1 Å². The average Bonchev–Trinajstić information content (AvgIpc) is 2.84. The molecule has 0 bridgehead atoms. The fourth-order valence-corrected chi connectivity index (χ4v) is 4.45. The van der Waals surface area contributed by atoms with Crippen molar-refractivity contribution in [3.63, 3.8) is 0 Å². The summed E-state index contributed by atoms with van der Waals surface area (Å²) in [6.07, 6.45) is 1.59. The lowest BCUT2D eigenvalue weighted by Crippen LogP contribution is -2.44. The molecule has 166 valence electrons. The summed E-state index contributed by atoms with van der Waals surface area (Å²) in [5, 5.41) is 9.59. The number of aryl methyl sites for hydroxylation is 1. The van der Waals surface area contributed by atoms with Crippen LogP contribution in [0.2, 0.25) is 0 Å². The van der Waals surface area contributed by atoms with Crippen LogP contribution in [0.3, 0.4) is 0 Å². The molecule has 1 saturated heterocycles. The van der Waals surface area contributed by atoms with E-state index in [4.69, 9.17) is 0 Å². The van der Waals surface area contributed by atoms with Crippen LogP contribution in [-0.4, -0.2) is 49.8 Å². The number of benzene rings is 3. The molecule has 1 N–H and O–H groups in total. The second kappa shape index (κ2) is 10.6. The fourth-order valence-electron chi connectivity index (χ4n) is 4.45. The second-order valence-electron chi connectivity index (χ2n) is 8.75. The molecule has 1 aliphatic heterocycles. The first-order valence-electron chi connectivity index (χ1n) is 11.7. The van der Waals surface area contributed by atoms with E-state index < -0.39 is 0 Å². The van der Waals surface area contributed by atoms with Crippen molar-refractivity contribution in [1.82, 2.24) is 4.90 Å². The van der Waals surface area contributed by atoms with Gasteiger partial charge in [-0.15, -0.1) is 0 Å². The van der Waals surface area contributed by atoms with Crippen LogP contribution >= 0.6 is 0 Å². The van der Waals surface area contributed by atoms with Gasteiger partial charge in [-0.05, 0) is 66.8 Å². The second-order valence-corrected chi connectivity index (χ2v) is 8.75. The summed E-state index contributed by atoms with van der Waals surface area (Å²) in [6.45, 7) is 6.68. The predicted octanol–water partition coefficient (Wildman–Crippen LogP) is 5.48. The SMILES string of the molecule is Cc1ccc(/C(=C(\CCCO)c2ccccc2)c2ccc(N3CCN(C)CC3)cc2)cc1. The highest BCUT2D eigenvalue weighted by molar-refractivity contribution is 5.98. The fraction of sp³-hybridized carbons (Fsp3) is 0.310. The number of hydrogen-bond donors (Lipinski definition) is 1. The van der Waals surface area contributed by atoms with Crippen molar-refractivity contribution in [1.29, 1.82) is 0 Å². The summed E-state index contributed by atoms with van der Waals surface area (Å²) < 4.78 is 0. The number of anilines is 1. The molecule has 1 aliphatic rings. The lowest BCUT2D eigenvalue weighted by atomic mass is 9.87. The van der Waals surface area contributed by atoms with Crippen molar-refractivity contribution in [2.75, 3.05) is 44.7 Å². The Balaban J connectivity index is 1.78. The van der Waals surface area contributed by atoms with E-state index in [9.17, 15) is 5.11 Å². The Kier molecular flexibility index (Phi) is 7.41. The summed E-state index contributed by atoms with van der Waals surface area (Å²) in [7, 11) is 2.19. The van der Waals surface area contributed by atoms with Gasteiger partial charge in [-0.2, -0.15) is 0 Å². The summed E-state index contributed by atoms with van der Waals surface area (Å²) in [5.41, 5.74) is 8.77. The molecule has 3 aromatic carbocycles. The average molecular weight is 427 g/mol. The van der Waals surface area contributed by atoms with E-state index in [1.807, 2.05) is 0 Å². The summed E-state index contributed by atoms with van der Waals surface area (Å²) in [5.74, 6) is 0. The number of hydrogen-bond acceptors (Lipinski definition) is 3. The van der Waals surface area contributed by atoms with Gasteiger partial charge in [-0.3, -0.25) is 0 Å². The van der Waals surface area contributed by atoms with Crippen molar-refractivity contribution < 1.29 is 5.11 Å². The third-order valence-corrected chi connectivity index (χ3v) is 6.37. The zero-order valence-corrected chi connectivity index (χ0v) is 19.3. The van der Waals surface area contributed by atoms with E-state index in [0.29, 0.717) is 0 Å². The monoisotopic (exact) mass is 426 g/mol. The van der Waals surface area contributed by atoms with Gasteiger partial charge in [0.2, 0.25) is 0 Å². The molecule has 0 atom stereocenters. The third-order valence-electron chi connectivity index (χ3n) is 6.37. The Morgan fingerprint density at radius 3 is 1.94 bits per heavy atom. The number of likely N-dealkylation sites (N-methyl/N-ethyl adjacent to an activating group) is 1. The molecular formula is C29H34N2O. The highest BCUT2D eigenvalue weighted by atomic mass is 16.2. The van der Waals surface area contributed by atoms with Gasteiger partial charge in [0.05, 0.1) is 0 Å². The van der Waals surface area contributed by atoms with E-state index in [0.717, 1.165) is 39.0 Å². The predicted molar refractivity (Wildman–Crippen MR) is 136 cm³/mol. The Morgan fingerprint density at radius 1 is 0.750 bits per heavy atom. The van der Waals surface area contributed by atoms with Crippen molar-refractivity contribution in [2.45, 2.75) is 19.8 Å². The Morgan fingerprint density at radius 2 is 1.34 bits per heavy atom. The molecule has 0 amide bonds. The van der Waals surface area contributed by atoms with Gasteiger partial charge in [0, 0.05) is 38.5 Å². The van der Waals surface area contributed by atoms with E-state index >= 15 is 0 Å². The minimum absolute atomic E-state index is 0.194. The standard InChI is InChI=1S/C29H34N2O/c1-23-10-12-25(13-11-23)29(28(9-6-22-32)24-7-4-3-5-8-24)26-14-16-27(17-15-26)31-20-18-30(2)19-21-31/h3-5,7-8,10-17,32H,6,9,18-22H2,1-2H3/b29-28-. The highest BCUT2D eigenvalue weighted by Gasteiger charge is 2.17. The van der Waals surface area contributed by atoms with Gasteiger partial charge in [-0.1, -0.05) is 72.3 Å². The topological polar surface area (TPSA) is 26.7 Å². The number of piperazine rings is 1.